The molecule has 7 heteroatoms. The molecule has 0 radical (unpaired) electrons. The number of para-hydroxylation sites is 1. The van der Waals surface area contributed by atoms with Gasteiger partial charge in [0.1, 0.15) is 12.4 Å². The number of anilines is 1. The molecule has 3 N–H and O–H groups in total. The number of hydrogen-bond donors (Lipinski definition) is 3. The molecule has 2 aromatic rings. The molecule has 2 rings (SSSR count). The Morgan fingerprint density at radius 2 is 2.10 bits per heavy atom. The largest absolute Gasteiger partial charge is 0.474 e. The topological polar surface area (TPSA) is 96.6 Å². The summed E-state index contributed by atoms with van der Waals surface area (Å²) in [6, 6.07) is 9.12. The molecular formula is C14H17N3O4. The molecular weight excluding hydrogens is 274 g/mol. The van der Waals surface area contributed by atoms with E-state index >= 15 is 0 Å². The summed E-state index contributed by atoms with van der Waals surface area (Å²) in [6.07, 6.45) is -1.82. The molecule has 1 heterocycles. The van der Waals surface area contributed by atoms with Gasteiger partial charge in [0.15, 0.2) is 0 Å². The van der Waals surface area contributed by atoms with E-state index < -0.39 is 12.2 Å². The van der Waals surface area contributed by atoms with E-state index in [0.29, 0.717) is 17.1 Å². The molecule has 0 saturated carbocycles. The molecule has 1 aromatic carbocycles. The molecule has 1 amide bonds. The van der Waals surface area contributed by atoms with Crippen LogP contribution in [0.3, 0.4) is 0 Å². The van der Waals surface area contributed by atoms with E-state index in [2.05, 4.69) is 10.4 Å². The van der Waals surface area contributed by atoms with Crippen LogP contribution in [0.15, 0.2) is 30.3 Å². The van der Waals surface area contributed by atoms with Crippen LogP contribution in [0.5, 0.6) is 5.88 Å². The molecule has 0 saturated heterocycles. The van der Waals surface area contributed by atoms with Crippen LogP contribution in [0, 0.1) is 6.92 Å². The third-order valence-electron chi connectivity index (χ3n) is 2.77. The van der Waals surface area contributed by atoms with Crippen LogP contribution in [-0.4, -0.2) is 38.8 Å². The minimum atomic E-state index is -1.18. The monoisotopic (exact) mass is 291 g/mol. The molecule has 0 aliphatic carbocycles. The molecule has 21 heavy (non-hydrogen) atoms. The molecule has 1 atom stereocenters. The fraction of sp³-hybridized carbons (Fsp3) is 0.286. The predicted octanol–water partition coefficient (Wildman–Crippen LogP) is 2.03. The first-order valence-electron chi connectivity index (χ1n) is 6.45. The summed E-state index contributed by atoms with van der Waals surface area (Å²) >= 11 is 0. The first-order valence-corrected chi connectivity index (χ1v) is 6.45. The van der Waals surface area contributed by atoms with Crippen molar-refractivity contribution in [3.63, 3.8) is 0 Å². The number of nitrogens with zero attached hydrogens (tertiary/aromatic N) is 2. The Labute approximate surface area is 121 Å². The third-order valence-corrected chi connectivity index (χ3v) is 2.77. The molecule has 0 aliphatic rings. The van der Waals surface area contributed by atoms with Gasteiger partial charge in [-0.2, -0.15) is 0 Å². The van der Waals surface area contributed by atoms with Gasteiger partial charge in [0.25, 0.3) is 0 Å². The van der Waals surface area contributed by atoms with Crippen LogP contribution in [0.2, 0.25) is 0 Å². The van der Waals surface area contributed by atoms with E-state index in [1.165, 1.54) is 4.68 Å². The van der Waals surface area contributed by atoms with Crippen molar-refractivity contribution in [1.29, 1.82) is 0 Å². The second-order valence-electron chi connectivity index (χ2n) is 4.62. The number of rotatable bonds is 5. The molecule has 1 aromatic heterocycles. The number of carbonyl (C=O) groups is 1. The Morgan fingerprint density at radius 1 is 1.43 bits per heavy atom. The van der Waals surface area contributed by atoms with E-state index in [0.717, 1.165) is 0 Å². The Balaban J connectivity index is 2.42. The van der Waals surface area contributed by atoms with Crippen LogP contribution in [0.25, 0.3) is 5.69 Å². The van der Waals surface area contributed by atoms with Crippen LogP contribution in [0.4, 0.5) is 10.6 Å². The van der Waals surface area contributed by atoms with E-state index in [-0.39, 0.29) is 12.5 Å². The van der Waals surface area contributed by atoms with Gasteiger partial charge in [-0.3, -0.25) is 5.32 Å². The van der Waals surface area contributed by atoms with Crippen molar-refractivity contribution in [2.24, 2.45) is 0 Å². The highest BCUT2D eigenvalue weighted by Gasteiger charge is 2.18. The van der Waals surface area contributed by atoms with Crippen LogP contribution < -0.4 is 10.1 Å². The fourth-order valence-corrected chi connectivity index (χ4v) is 1.82. The average Bonchev–Trinajstić information content (AvgIpc) is 2.74. The summed E-state index contributed by atoms with van der Waals surface area (Å²) < 4.78 is 6.87. The highest BCUT2D eigenvalue weighted by molar-refractivity contribution is 5.83. The van der Waals surface area contributed by atoms with Crippen LogP contribution in [0.1, 0.15) is 12.5 Å². The molecule has 112 valence electrons. The number of carboxylic acid groups (broad SMARTS) is 1. The third kappa shape index (κ3) is 3.51. The summed E-state index contributed by atoms with van der Waals surface area (Å²) in [5.74, 6) is 0.595. The summed E-state index contributed by atoms with van der Waals surface area (Å²) in [4.78, 5) is 10.9. The second-order valence-corrected chi connectivity index (χ2v) is 4.62. The van der Waals surface area contributed by atoms with Crippen molar-refractivity contribution in [1.82, 2.24) is 9.78 Å². The molecule has 1 unspecified atom stereocenters. The van der Waals surface area contributed by atoms with Crippen molar-refractivity contribution in [3.8, 4) is 11.6 Å². The lowest BCUT2D eigenvalue weighted by Crippen LogP contribution is -2.13. The smallest absolute Gasteiger partial charge is 0.410 e. The number of aliphatic hydroxyl groups is 1. The van der Waals surface area contributed by atoms with Crippen molar-refractivity contribution in [2.45, 2.75) is 20.0 Å². The summed E-state index contributed by atoms with van der Waals surface area (Å²) in [7, 11) is 0. The normalized spacial score (nSPS) is 12.0. The van der Waals surface area contributed by atoms with Gasteiger partial charge in [0, 0.05) is 0 Å². The second kappa shape index (κ2) is 6.27. The van der Waals surface area contributed by atoms with E-state index in [9.17, 15) is 9.90 Å². The van der Waals surface area contributed by atoms with Gasteiger partial charge < -0.3 is 14.9 Å². The van der Waals surface area contributed by atoms with Crippen LogP contribution >= 0.6 is 0 Å². The number of ether oxygens (including phenoxy) is 1. The van der Waals surface area contributed by atoms with E-state index in [1.807, 2.05) is 18.2 Å². The standard InChI is InChI=1S/C14H17N3O4/c1-9(18)8-21-13-10(2)12(15-14(19)20)17(16-13)11-6-4-3-5-7-11/h3-7,9,15,18H,8H2,1-2H3,(H,19,20). The van der Waals surface area contributed by atoms with Crippen molar-refractivity contribution >= 4 is 11.9 Å². The average molecular weight is 291 g/mol. The Hall–Kier alpha value is -2.54. The molecule has 0 fully saturated rings. The maximum absolute atomic E-state index is 10.9. The summed E-state index contributed by atoms with van der Waals surface area (Å²) in [6.45, 7) is 3.38. The van der Waals surface area contributed by atoms with Crippen molar-refractivity contribution in [2.75, 3.05) is 11.9 Å². The number of nitrogens with one attached hydrogen (secondary N) is 1. The maximum atomic E-state index is 10.9. The molecule has 0 aliphatic heterocycles. The van der Waals surface area contributed by atoms with Gasteiger partial charge in [0.2, 0.25) is 5.88 Å². The fourth-order valence-electron chi connectivity index (χ4n) is 1.82. The number of aromatic nitrogens is 2. The first kappa shape index (κ1) is 14.9. The Morgan fingerprint density at radius 3 is 2.67 bits per heavy atom. The highest BCUT2D eigenvalue weighted by atomic mass is 16.5. The van der Waals surface area contributed by atoms with Crippen molar-refractivity contribution < 1.29 is 19.7 Å². The van der Waals surface area contributed by atoms with E-state index in [4.69, 9.17) is 9.84 Å². The van der Waals surface area contributed by atoms with Crippen molar-refractivity contribution in [3.05, 3.63) is 35.9 Å². The Bertz CT molecular complexity index is 623. The minimum Gasteiger partial charge on any atom is -0.474 e. The van der Waals surface area contributed by atoms with Gasteiger partial charge in [-0.05, 0) is 26.0 Å². The number of benzene rings is 1. The molecule has 0 bridgehead atoms. The van der Waals surface area contributed by atoms with Gasteiger partial charge in [-0.1, -0.05) is 18.2 Å². The zero-order chi connectivity index (χ0) is 15.4. The quantitative estimate of drug-likeness (QED) is 0.783. The number of hydrogen-bond acceptors (Lipinski definition) is 4. The van der Waals surface area contributed by atoms with Crippen LogP contribution in [-0.2, 0) is 0 Å². The van der Waals surface area contributed by atoms with Gasteiger partial charge in [-0.15, -0.1) is 5.10 Å². The molecule has 0 spiro atoms. The summed E-state index contributed by atoms with van der Waals surface area (Å²) in [5.41, 5.74) is 1.26. The lowest BCUT2D eigenvalue weighted by Gasteiger charge is -2.06. The molecule has 7 nitrogen and oxygen atoms in total. The van der Waals surface area contributed by atoms with Gasteiger partial charge in [-0.25, -0.2) is 9.48 Å². The SMILES string of the molecule is Cc1c(OCC(C)O)nn(-c2ccccc2)c1NC(=O)O. The number of aliphatic hydroxyl groups excluding tert-OH is 1. The Kier molecular flexibility index (Phi) is 4.44. The van der Waals surface area contributed by atoms with Gasteiger partial charge >= 0.3 is 6.09 Å². The highest BCUT2D eigenvalue weighted by Crippen LogP contribution is 2.28. The summed E-state index contributed by atoms with van der Waals surface area (Å²) in [5, 5.41) is 24.8. The minimum absolute atomic E-state index is 0.0825. The zero-order valence-electron chi connectivity index (χ0n) is 11.8. The van der Waals surface area contributed by atoms with Gasteiger partial charge in [0.05, 0.1) is 17.4 Å². The maximum Gasteiger partial charge on any atom is 0.410 e. The lowest BCUT2D eigenvalue weighted by molar-refractivity contribution is 0.119. The predicted molar refractivity (Wildman–Crippen MR) is 77.1 cm³/mol. The van der Waals surface area contributed by atoms with E-state index in [1.54, 1.807) is 26.0 Å². The lowest BCUT2D eigenvalue weighted by atomic mass is 10.3. The zero-order valence-corrected chi connectivity index (χ0v) is 11.8. The number of amides is 1. The first-order chi connectivity index (χ1) is 9.99.